The summed E-state index contributed by atoms with van der Waals surface area (Å²) >= 11 is 0. The molecule has 1 unspecified atom stereocenters. The van der Waals surface area contributed by atoms with Crippen molar-refractivity contribution in [2.75, 3.05) is 0 Å². The minimum absolute atomic E-state index is 0.0601. The summed E-state index contributed by atoms with van der Waals surface area (Å²) in [7, 11) is 0. The van der Waals surface area contributed by atoms with Gasteiger partial charge in [0.2, 0.25) is 0 Å². The fourth-order valence-electron chi connectivity index (χ4n) is 0.298. The molecule has 0 aromatic rings. The quantitative estimate of drug-likeness (QED) is 0.521. The summed E-state index contributed by atoms with van der Waals surface area (Å²) in [5.41, 5.74) is 6.62. The molecule has 0 aliphatic carbocycles. The van der Waals surface area contributed by atoms with E-state index in [1.807, 2.05) is 27.0 Å². The van der Waals surface area contributed by atoms with Gasteiger partial charge in [-0.25, -0.2) is 0 Å². The first-order chi connectivity index (χ1) is 3.63. The lowest BCUT2D eigenvalue weighted by Crippen LogP contribution is -2.29. The van der Waals surface area contributed by atoms with E-state index in [1.165, 1.54) is 5.57 Å². The molecule has 0 spiro atoms. The number of allylic oxidation sites excluding steroid dienone is 1. The van der Waals surface area contributed by atoms with Gasteiger partial charge in [-0.1, -0.05) is 5.57 Å². The summed E-state index contributed by atoms with van der Waals surface area (Å²) in [5.74, 6) is 0. The second-order valence-corrected chi connectivity index (χ2v) is 2.18. The minimum Gasteiger partial charge on any atom is -0.376 e. The average molecular weight is 114 g/mol. The Morgan fingerprint density at radius 2 is 2.12 bits per heavy atom. The normalized spacial score (nSPS) is 12.5. The van der Waals surface area contributed by atoms with Gasteiger partial charge >= 0.3 is 0 Å². The molecule has 0 bridgehead atoms. The Kier molecular flexibility index (Phi) is 3.28. The maximum absolute atomic E-state index is 5.38. The predicted molar refractivity (Wildman–Crippen MR) is 36.2 cm³/mol. The van der Waals surface area contributed by atoms with Crippen molar-refractivity contribution >= 4 is 0 Å². The molecular formula is C6H14N2. The van der Waals surface area contributed by atoms with Crippen molar-refractivity contribution in [1.29, 1.82) is 0 Å². The van der Waals surface area contributed by atoms with Gasteiger partial charge in [-0.3, -0.25) is 0 Å². The van der Waals surface area contributed by atoms with Crippen molar-refractivity contribution in [3.8, 4) is 0 Å². The van der Waals surface area contributed by atoms with E-state index in [2.05, 4.69) is 5.32 Å². The molecule has 0 heterocycles. The smallest absolute Gasteiger partial charge is 0.0709 e. The zero-order valence-corrected chi connectivity index (χ0v) is 5.73. The lowest BCUT2D eigenvalue weighted by molar-refractivity contribution is 0.667. The van der Waals surface area contributed by atoms with Crippen LogP contribution in [0.4, 0.5) is 0 Å². The summed E-state index contributed by atoms with van der Waals surface area (Å²) in [6.07, 6.45) is 1.97. The van der Waals surface area contributed by atoms with Crippen molar-refractivity contribution in [2.24, 2.45) is 5.73 Å². The topological polar surface area (TPSA) is 38.0 Å². The highest BCUT2D eigenvalue weighted by Gasteiger charge is 1.82. The third-order valence-electron chi connectivity index (χ3n) is 0.635. The van der Waals surface area contributed by atoms with E-state index in [1.54, 1.807) is 0 Å². The number of rotatable bonds is 2. The van der Waals surface area contributed by atoms with E-state index in [9.17, 15) is 0 Å². The van der Waals surface area contributed by atoms with Crippen LogP contribution in [-0.2, 0) is 0 Å². The molecule has 2 nitrogen and oxygen atoms in total. The molecule has 0 radical (unpaired) electrons. The highest BCUT2D eigenvalue weighted by molar-refractivity contribution is 4.91. The number of nitrogens with two attached hydrogens (primary N) is 1. The second-order valence-electron chi connectivity index (χ2n) is 2.18. The van der Waals surface area contributed by atoms with Crippen LogP contribution in [0, 0.1) is 0 Å². The van der Waals surface area contributed by atoms with Gasteiger partial charge in [-0.2, -0.15) is 0 Å². The first-order valence-electron chi connectivity index (χ1n) is 2.78. The van der Waals surface area contributed by atoms with Gasteiger partial charge in [0.1, 0.15) is 0 Å². The summed E-state index contributed by atoms with van der Waals surface area (Å²) in [6, 6.07) is 0. The van der Waals surface area contributed by atoms with E-state index in [-0.39, 0.29) is 6.17 Å². The molecule has 0 aliphatic rings. The fraction of sp³-hybridized carbons (Fsp3) is 0.667. The molecule has 0 aromatic heterocycles. The molecule has 8 heavy (non-hydrogen) atoms. The lowest BCUT2D eigenvalue weighted by Gasteiger charge is -2.03. The molecule has 0 aromatic carbocycles. The highest BCUT2D eigenvalue weighted by Crippen LogP contribution is 1.83. The van der Waals surface area contributed by atoms with E-state index >= 15 is 0 Å². The first-order valence-corrected chi connectivity index (χ1v) is 2.78. The summed E-state index contributed by atoms with van der Waals surface area (Å²) < 4.78 is 0. The van der Waals surface area contributed by atoms with Crippen LogP contribution in [0.1, 0.15) is 20.8 Å². The molecule has 1 atom stereocenters. The molecule has 0 rings (SSSR count). The van der Waals surface area contributed by atoms with E-state index < -0.39 is 0 Å². The van der Waals surface area contributed by atoms with Crippen LogP contribution >= 0.6 is 0 Å². The highest BCUT2D eigenvalue weighted by atomic mass is 15.0. The van der Waals surface area contributed by atoms with Crippen molar-refractivity contribution in [1.82, 2.24) is 5.32 Å². The van der Waals surface area contributed by atoms with Crippen LogP contribution in [-0.4, -0.2) is 6.17 Å². The second kappa shape index (κ2) is 3.50. The third kappa shape index (κ3) is 5.50. The van der Waals surface area contributed by atoms with Crippen LogP contribution < -0.4 is 11.1 Å². The number of nitrogens with one attached hydrogen (secondary N) is 1. The Morgan fingerprint density at radius 3 is 2.25 bits per heavy atom. The SMILES string of the molecule is CC(C)=CNC(C)N. The average Bonchev–Trinajstić information content (AvgIpc) is 1.61. The zero-order chi connectivity index (χ0) is 6.57. The maximum Gasteiger partial charge on any atom is 0.0709 e. The van der Waals surface area contributed by atoms with Gasteiger partial charge in [0.05, 0.1) is 6.17 Å². The van der Waals surface area contributed by atoms with E-state index in [4.69, 9.17) is 5.73 Å². The Labute approximate surface area is 50.8 Å². The van der Waals surface area contributed by atoms with Crippen LogP contribution in [0.5, 0.6) is 0 Å². The number of hydrogen-bond donors (Lipinski definition) is 2. The molecular weight excluding hydrogens is 100 g/mol. The van der Waals surface area contributed by atoms with Gasteiger partial charge < -0.3 is 11.1 Å². The van der Waals surface area contributed by atoms with E-state index in [0.29, 0.717) is 0 Å². The van der Waals surface area contributed by atoms with Crippen LogP contribution in [0.25, 0.3) is 0 Å². The zero-order valence-electron chi connectivity index (χ0n) is 5.73. The molecule has 0 amide bonds. The molecule has 0 aliphatic heterocycles. The van der Waals surface area contributed by atoms with Crippen molar-refractivity contribution in [3.05, 3.63) is 11.8 Å². The maximum atomic E-state index is 5.38. The lowest BCUT2D eigenvalue weighted by atomic mass is 10.4. The van der Waals surface area contributed by atoms with Gasteiger partial charge in [-0.05, 0) is 27.0 Å². The van der Waals surface area contributed by atoms with Gasteiger partial charge in [0.15, 0.2) is 0 Å². The predicted octanol–water partition coefficient (Wildman–Crippen LogP) is 0.804. The standard InChI is InChI=1S/C6H14N2/c1-5(2)4-8-6(3)7/h4,6,8H,7H2,1-3H3. The van der Waals surface area contributed by atoms with Gasteiger partial charge in [0.25, 0.3) is 0 Å². The van der Waals surface area contributed by atoms with Crippen molar-refractivity contribution in [3.63, 3.8) is 0 Å². The molecule has 2 heteroatoms. The Hall–Kier alpha value is -0.500. The largest absolute Gasteiger partial charge is 0.376 e. The summed E-state index contributed by atoms with van der Waals surface area (Å²) in [4.78, 5) is 0. The molecule has 0 saturated heterocycles. The van der Waals surface area contributed by atoms with Gasteiger partial charge in [-0.15, -0.1) is 0 Å². The van der Waals surface area contributed by atoms with Crippen LogP contribution in [0.3, 0.4) is 0 Å². The summed E-state index contributed by atoms with van der Waals surface area (Å²) in [6.45, 7) is 5.95. The summed E-state index contributed by atoms with van der Waals surface area (Å²) in [5, 5.41) is 2.96. The Morgan fingerprint density at radius 1 is 1.62 bits per heavy atom. The minimum atomic E-state index is 0.0601. The first kappa shape index (κ1) is 7.50. The van der Waals surface area contributed by atoms with Crippen LogP contribution in [0.15, 0.2) is 11.8 Å². The third-order valence-corrected chi connectivity index (χ3v) is 0.635. The van der Waals surface area contributed by atoms with E-state index in [0.717, 1.165) is 0 Å². The Balaban J connectivity index is 3.29. The fourth-order valence-corrected chi connectivity index (χ4v) is 0.298. The molecule has 3 N–H and O–H groups in total. The molecule has 0 saturated carbocycles. The van der Waals surface area contributed by atoms with Crippen molar-refractivity contribution < 1.29 is 0 Å². The Bertz CT molecular complexity index is 80.5. The number of hydrogen-bond acceptors (Lipinski definition) is 2. The monoisotopic (exact) mass is 114 g/mol. The van der Waals surface area contributed by atoms with Crippen LogP contribution in [0.2, 0.25) is 0 Å². The molecule has 48 valence electrons. The molecule has 0 fully saturated rings. The van der Waals surface area contributed by atoms with Gasteiger partial charge in [0, 0.05) is 0 Å². The van der Waals surface area contributed by atoms with Crippen molar-refractivity contribution in [2.45, 2.75) is 26.9 Å².